The van der Waals surface area contributed by atoms with Gasteiger partial charge in [0.25, 0.3) is 0 Å². The van der Waals surface area contributed by atoms with Gasteiger partial charge in [-0.05, 0) is 47.7 Å². The SMILES string of the molecule is O=C(NC1CC1)C1CCCN(c2ncc(Cl)cc2Br)C1. The van der Waals surface area contributed by atoms with Crippen LogP contribution < -0.4 is 10.2 Å². The molecule has 1 unspecified atom stereocenters. The molecule has 1 aliphatic carbocycles. The Morgan fingerprint density at radius 2 is 2.25 bits per heavy atom. The molecule has 0 bridgehead atoms. The van der Waals surface area contributed by atoms with Crippen molar-refractivity contribution in [1.29, 1.82) is 0 Å². The third kappa shape index (κ3) is 3.26. The van der Waals surface area contributed by atoms with Crippen molar-refractivity contribution in [3.8, 4) is 0 Å². The number of halogens is 2. The van der Waals surface area contributed by atoms with E-state index in [2.05, 4.69) is 31.1 Å². The molecule has 0 spiro atoms. The van der Waals surface area contributed by atoms with Gasteiger partial charge in [0.2, 0.25) is 5.91 Å². The van der Waals surface area contributed by atoms with Crippen LogP contribution in [-0.2, 0) is 4.79 Å². The highest BCUT2D eigenvalue weighted by Crippen LogP contribution is 2.30. The molecule has 1 aliphatic heterocycles. The van der Waals surface area contributed by atoms with Crippen LogP contribution in [0.25, 0.3) is 0 Å². The lowest BCUT2D eigenvalue weighted by molar-refractivity contribution is -0.125. The minimum Gasteiger partial charge on any atom is -0.355 e. The van der Waals surface area contributed by atoms with E-state index in [1.165, 1.54) is 0 Å². The van der Waals surface area contributed by atoms with E-state index in [4.69, 9.17) is 11.6 Å². The molecule has 1 aromatic heterocycles. The number of pyridine rings is 1. The molecule has 20 heavy (non-hydrogen) atoms. The van der Waals surface area contributed by atoms with E-state index < -0.39 is 0 Å². The van der Waals surface area contributed by atoms with Crippen LogP contribution in [0.2, 0.25) is 5.02 Å². The van der Waals surface area contributed by atoms with E-state index in [0.717, 1.165) is 49.1 Å². The molecular weight excluding hydrogens is 342 g/mol. The van der Waals surface area contributed by atoms with Crippen molar-refractivity contribution in [2.75, 3.05) is 18.0 Å². The van der Waals surface area contributed by atoms with Crippen molar-refractivity contribution < 1.29 is 4.79 Å². The second-order valence-corrected chi connectivity index (χ2v) is 6.82. The summed E-state index contributed by atoms with van der Waals surface area (Å²) in [5.74, 6) is 1.13. The third-order valence-corrected chi connectivity index (χ3v) is 4.59. The van der Waals surface area contributed by atoms with Gasteiger partial charge < -0.3 is 10.2 Å². The van der Waals surface area contributed by atoms with E-state index in [1.807, 2.05) is 6.07 Å². The third-order valence-electron chi connectivity index (χ3n) is 3.80. The summed E-state index contributed by atoms with van der Waals surface area (Å²) in [5, 5.41) is 3.71. The molecule has 2 aliphatic rings. The highest BCUT2D eigenvalue weighted by molar-refractivity contribution is 9.10. The fraction of sp³-hybridized carbons (Fsp3) is 0.571. The maximum Gasteiger partial charge on any atom is 0.225 e. The smallest absolute Gasteiger partial charge is 0.225 e. The van der Waals surface area contributed by atoms with Gasteiger partial charge in [0.15, 0.2) is 0 Å². The summed E-state index contributed by atoms with van der Waals surface area (Å²) in [6, 6.07) is 2.27. The molecule has 1 saturated carbocycles. The van der Waals surface area contributed by atoms with Crippen LogP contribution in [0.5, 0.6) is 0 Å². The number of amides is 1. The average molecular weight is 359 g/mol. The van der Waals surface area contributed by atoms with Gasteiger partial charge in [-0.25, -0.2) is 4.98 Å². The second-order valence-electron chi connectivity index (χ2n) is 5.53. The first-order valence-electron chi connectivity index (χ1n) is 7.00. The molecule has 1 atom stereocenters. The van der Waals surface area contributed by atoms with Gasteiger partial charge in [0.1, 0.15) is 5.82 Å². The van der Waals surface area contributed by atoms with Gasteiger partial charge in [-0.1, -0.05) is 11.6 Å². The molecule has 3 rings (SSSR count). The predicted octanol–water partition coefficient (Wildman–Crippen LogP) is 2.99. The Kier molecular flexibility index (Phi) is 4.17. The zero-order valence-electron chi connectivity index (χ0n) is 11.1. The zero-order chi connectivity index (χ0) is 14.1. The molecule has 6 heteroatoms. The Balaban J connectivity index is 1.69. The molecule has 1 saturated heterocycles. The molecular formula is C14H17BrClN3O. The molecule has 1 amide bonds. The first-order chi connectivity index (χ1) is 9.63. The lowest BCUT2D eigenvalue weighted by Crippen LogP contribution is -2.44. The minimum atomic E-state index is 0.0636. The number of hydrogen-bond acceptors (Lipinski definition) is 3. The Hall–Kier alpha value is -0.810. The Bertz CT molecular complexity index is 521. The fourth-order valence-corrected chi connectivity index (χ4v) is 3.46. The summed E-state index contributed by atoms with van der Waals surface area (Å²) < 4.78 is 0.883. The van der Waals surface area contributed by atoms with Gasteiger partial charge in [-0.15, -0.1) is 0 Å². The molecule has 2 fully saturated rings. The first-order valence-corrected chi connectivity index (χ1v) is 8.17. The van der Waals surface area contributed by atoms with E-state index in [9.17, 15) is 4.79 Å². The number of anilines is 1. The number of rotatable bonds is 3. The number of carbonyl (C=O) groups is 1. The number of carbonyl (C=O) groups excluding carboxylic acids is 1. The quantitative estimate of drug-likeness (QED) is 0.903. The second kappa shape index (κ2) is 5.90. The predicted molar refractivity (Wildman–Crippen MR) is 83.0 cm³/mol. The van der Waals surface area contributed by atoms with Crippen molar-refractivity contribution in [2.45, 2.75) is 31.7 Å². The van der Waals surface area contributed by atoms with E-state index >= 15 is 0 Å². The minimum absolute atomic E-state index is 0.0636. The van der Waals surface area contributed by atoms with E-state index in [0.29, 0.717) is 11.1 Å². The molecule has 0 radical (unpaired) electrons. The summed E-state index contributed by atoms with van der Waals surface area (Å²) in [4.78, 5) is 18.7. The number of aromatic nitrogens is 1. The monoisotopic (exact) mass is 357 g/mol. The van der Waals surface area contributed by atoms with E-state index in [-0.39, 0.29) is 11.8 Å². The van der Waals surface area contributed by atoms with Gasteiger partial charge in [-0.3, -0.25) is 4.79 Å². The molecule has 1 aromatic rings. The lowest BCUT2D eigenvalue weighted by atomic mass is 9.97. The summed E-state index contributed by atoms with van der Waals surface area (Å²) in [7, 11) is 0. The standard InChI is InChI=1S/C14H17BrClN3O/c15-12-6-10(16)7-17-13(12)19-5-1-2-9(8-19)14(20)18-11-3-4-11/h6-7,9,11H,1-5,8H2,(H,18,20). The molecule has 2 heterocycles. The van der Waals surface area contributed by atoms with Crippen LogP contribution in [-0.4, -0.2) is 30.0 Å². The van der Waals surface area contributed by atoms with Gasteiger partial charge in [0, 0.05) is 25.3 Å². The Morgan fingerprint density at radius 1 is 1.45 bits per heavy atom. The van der Waals surface area contributed by atoms with Crippen LogP contribution in [0.3, 0.4) is 0 Å². The summed E-state index contributed by atoms with van der Waals surface area (Å²) in [6.07, 6.45) is 5.88. The summed E-state index contributed by atoms with van der Waals surface area (Å²) >= 11 is 9.42. The number of hydrogen-bond donors (Lipinski definition) is 1. The Labute approximate surface area is 132 Å². The van der Waals surface area contributed by atoms with Crippen LogP contribution in [0.15, 0.2) is 16.7 Å². The summed E-state index contributed by atoms with van der Waals surface area (Å²) in [5.41, 5.74) is 0. The highest BCUT2D eigenvalue weighted by atomic mass is 79.9. The summed E-state index contributed by atoms with van der Waals surface area (Å²) in [6.45, 7) is 1.66. The van der Waals surface area contributed by atoms with Gasteiger partial charge in [0.05, 0.1) is 15.4 Å². The van der Waals surface area contributed by atoms with Crippen LogP contribution in [0, 0.1) is 5.92 Å². The number of nitrogens with one attached hydrogen (secondary N) is 1. The fourth-order valence-electron chi connectivity index (χ4n) is 2.57. The van der Waals surface area contributed by atoms with Gasteiger partial charge >= 0.3 is 0 Å². The van der Waals surface area contributed by atoms with Crippen molar-refractivity contribution >= 4 is 39.3 Å². The van der Waals surface area contributed by atoms with Crippen molar-refractivity contribution in [3.05, 3.63) is 21.8 Å². The lowest BCUT2D eigenvalue weighted by Gasteiger charge is -2.33. The van der Waals surface area contributed by atoms with E-state index in [1.54, 1.807) is 6.20 Å². The zero-order valence-corrected chi connectivity index (χ0v) is 13.5. The maximum absolute atomic E-state index is 12.2. The topological polar surface area (TPSA) is 45.2 Å². The van der Waals surface area contributed by atoms with Crippen molar-refractivity contribution in [2.24, 2.45) is 5.92 Å². The molecule has 108 valence electrons. The molecule has 4 nitrogen and oxygen atoms in total. The molecule has 0 aromatic carbocycles. The molecule has 1 N–H and O–H groups in total. The normalized spacial score (nSPS) is 22.7. The Morgan fingerprint density at radius 3 is 2.95 bits per heavy atom. The highest BCUT2D eigenvalue weighted by Gasteiger charge is 2.31. The van der Waals surface area contributed by atoms with Crippen LogP contribution in [0.4, 0.5) is 5.82 Å². The van der Waals surface area contributed by atoms with Crippen molar-refractivity contribution in [3.63, 3.8) is 0 Å². The number of piperidine rings is 1. The number of nitrogens with zero attached hydrogens (tertiary/aromatic N) is 2. The average Bonchev–Trinajstić information content (AvgIpc) is 3.23. The van der Waals surface area contributed by atoms with Crippen LogP contribution in [0.1, 0.15) is 25.7 Å². The van der Waals surface area contributed by atoms with Crippen LogP contribution >= 0.6 is 27.5 Å². The first kappa shape index (κ1) is 14.1. The van der Waals surface area contributed by atoms with Gasteiger partial charge in [-0.2, -0.15) is 0 Å². The maximum atomic E-state index is 12.2. The van der Waals surface area contributed by atoms with Crippen molar-refractivity contribution in [1.82, 2.24) is 10.3 Å². The largest absolute Gasteiger partial charge is 0.355 e.